The predicted molar refractivity (Wildman–Crippen MR) is 151 cm³/mol. The molecule has 0 unspecified atom stereocenters. The molecule has 0 saturated heterocycles. The van der Waals surface area contributed by atoms with E-state index >= 15 is 0 Å². The maximum atomic E-state index is 13.8. The molecule has 4 nitrogen and oxygen atoms in total. The van der Waals surface area contributed by atoms with Gasteiger partial charge in [-0.2, -0.15) is 0 Å². The number of benzene rings is 3. The number of halogens is 1. The van der Waals surface area contributed by atoms with Crippen LogP contribution in [0.15, 0.2) is 84.9 Å². The largest absolute Gasteiger partial charge is 0.356 e. The number of rotatable bonds is 4. The van der Waals surface area contributed by atoms with Crippen LogP contribution in [0.25, 0.3) is 17.0 Å². The van der Waals surface area contributed by atoms with Gasteiger partial charge in [-0.15, -0.1) is 0 Å². The number of para-hydroxylation sites is 1. The number of nitrogens with one attached hydrogen (secondary N) is 1. The summed E-state index contributed by atoms with van der Waals surface area (Å²) < 4.78 is 13.8. The Morgan fingerprint density at radius 3 is 2.32 bits per heavy atom. The summed E-state index contributed by atoms with van der Waals surface area (Å²) in [5, 5.41) is 1.26. The van der Waals surface area contributed by atoms with Crippen molar-refractivity contribution >= 4 is 22.9 Å². The zero-order valence-corrected chi connectivity index (χ0v) is 22.1. The van der Waals surface area contributed by atoms with Gasteiger partial charge in [-0.3, -0.25) is 9.69 Å². The van der Waals surface area contributed by atoms with Crippen LogP contribution in [-0.2, 0) is 22.3 Å². The monoisotopic (exact) mass is 507 g/mol. The van der Waals surface area contributed by atoms with Crippen molar-refractivity contribution in [3.8, 4) is 0 Å². The van der Waals surface area contributed by atoms with E-state index < -0.39 is 5.54 Å². The third-order valence-corrected chi connectivity index (χ3v) is 9.01. The van der Waals surface area contributed by atoms with Crippen LogP contribution >= 0.6 is 0 Å². The van der Waals surface area contributed by atoms with Gasteiger partial charge in [0.25, 0.3) is 0 Å². The van der Waals surface area contributed by atoms with E-state index in [1.54, 1.807) is 18.2 Å². The van der Waals surface area contributed by atoms with Crippen LogP contribution in [-0.4, -0.2) is 41.3 Å². The highest BCUT2D eigenvalue weighted by Crippen LogP contribution is 2.53. The van der Waals surface area contributed by atoms with Crippen molar-refractivity contribution in [2.45, 2.75) is 43.2 Å². The van der Waals surface area contributed by atoms with Crippen LogP contribution in [0.4, 0.5) is 4.39 Å². The van der Waals surface area contributed by atoms with Gasteiger partial charge in [0.15, 0.2) is 0 Å². The molecule has 0 bridgehead atoms. The van der Waals surface area contributed by atoms with E-state index in [4.69, 9.17) is 0 Å². The second-order valence-corrected chi connectivity index (χ2v) is 11.0. The van der Waals surface area contributed by atoms with Crippen molar-refractivity contribution in [1.82, 2.24) is 14.8 Å². The summed E-state index contributed by atoms with van der Waals surface area (Å²) in [5.74, 6) is -0.163. The lowest BCUT2D eigenvalue weighted by Gasteiger charge is -2.55. The van der Waals surface area contributed by atoms with Gasteiger partial charge in [0, 0.05) is 34.8 Å². The Kier molecular flexibility index (Phi) is 6.19. The van der Waals surface area contributed by atoms with E-state index in [-0.39, 0.29) is 17.3 Å². The summed E-state index contributed by atoms with van der Waals surface area (Å²) in [7, 11) is 4.23. The summed E-state index contributed by atoms with van der Waals surface area (Å²) >= 11 is 0. The number of nitrogens with zero attached hydrogens (tertiary/aromatic N) is 2. The van der Waals surface area contributed by atoms with Crippen LogP contribution in [0.1, 0.15) is 48.1 Å². The number of aromatic amines is 1. The van der Waals surface area contributed by atoms with Crippen molar-refractivity contribution in [3.05, 3.63) is 113 Å². The van der Waals surface area contributed by atoms with Gasteiger partial charge >= 0.3 is 0 Å². The highest BCUT2D eigenvalue weighted by Gasteiger charge is 2.52. The molecule has 0 atom stereocenters. The van der Waals surface area contributed by atoms with E-state index in [1.807, 2.05) is 48.5 Å². The van der Waals surface area contributed by atoms with Crippen molar-refractivity contribution in [2.24, 2.45) is 0 Å². The summed E-state index contributed by atoms with van der Waals surface area (Å²) in [6, 6.07) is 25.4. The minimum Gasteiger partial charge on any atom is -0.356 e. The maximum Gasteiger partial charge on any atom is 0.247 e. The van der Waals surface area contributed by atoms with Crippen LogP contribution in [0.2, 0.25) is 0 Å². The van der Waals surface area contributed by atoms with E-state index in [9.17, 15) is 9.18 Å². The lowest BCUT2D eigenvalue weighted by atomic mass is 9.65. The fourth-order valence-electron chi connectivity index (χ4n) is 6.92. The average Bonchev–Trinajstić information content (AvgIpc) is 3.33. The molecule has 1 fully saturated rings. The molecule has 6 rings (SSSR count). The van der Waals surface area contributed by atoms with Gasteiger partial charge in [0.1, 0.15) is 5.82 Å². The number of fused-ring (bicyclic) bond motifs is 4. The Labute approximate surface area is 223 Å². The lowest BCUT2D eigenvalue weighted by molar-refractivity contribution is -0.137. The molecule has 194 valence electrons. The Morgan fingerprint density at radius 2 is 1.61 bits per heavy atom. The molecule has 1 saturated carbocycles. The Bertz CT molecular complexity index is 1480. The number of amides is 1. The molecule has 4 aromatic rings. The molecule has 1 amide bonds. The maximum absolute atomic E-state index is 13.8. The van der Waals surface area contributed by atoms with E-state index in [0.717, 1.165) is 48.7 Å². The highest BCUT2D eigenvalue weighted by atomic mass is 19.1. The quantitative estimate of drug-likeness (QED) is 0.315. The molecule has 1 spiro atoms. The molecule has 2 heterocycles. The van der Waals surface area contributed by atoms with E-state index in [1.165, 1.54) is 16.6 Å². The normalized spacial score (nSPS) is 23.4. The van der Waals surface area contributed by atoms with Gasteiger partial charge in [-0.1, -0.05) is 60.7 Å². The first-order chi connectivity index (χ1) is 18.4. The first kappa shape index (κ1) is 24.6. The predicted octanol–water partition coefficient (Wildman–Crippen LogP) is 6.63. The third-order valence-electron chi connectivity index (χ3n) is 9.01. The lowest BCUT2D eigenvalue weighted by Crippen LogP contribution is -2.58. The summed E-state index contributed by atoms with van der Waals surface area (Å²) in [5.41, 5.74) is 5.20. The molecular formula is C33H34FN3O. The van der Waals surface area contributed by atoms with Gasteiger partial charge in [-0.05, 0) is 87.2 Å². The minimum absolute atomic E-state index is 0.0531. The first-order valence-corrected chi connectivity index (χ1v) is 13.5. The molecule has 1 aliphatic carbocycles. The topological polar surface area (TPSA) is 39.3 Å². The van der Waals surface area contributed by atoms with Crippen LogP contribution in [0.5, 0.6) is 0 Å². The molecule has 3 aromatic carbocycles. The Balaban J connectivity index is 1.41. The van der Waals surface area contributed by atoms with Gasteiger partial charge in [0.05, 0.1) is 5.54 Å². The number of hydrogen-bond acceptors (Lipinski definition) is 2. The zero-order chi connectivity index (χ0) is 26.3. The van der Waals surface area contributed by atoms with Gasteiger partial charge < -0.3 is 9.88 Å². The van der Waals surface area contributed by atoms with E-state index in [0.29, 0.717) is 6.54 Å². The zero-order valence-electron chi connectivity index (χ0n) is 22.1. The summed E-state index contributed by atoms with van der Waals surface area (Å²) in [6.07, 6.45) is 7.88. The van der Waals surface area contributed by atoms with Crippen LogP contribution in [0, 0.1) is 5.82 Å². The molecule has 38 heavy (non-hydrogen) atoms. The number of carbonyl (C=O) groups excluding carboxylic acids is 1. The number of hydrogen-bond donors (Lipinski definition) is 1. The molecule has 5 heteroatoms. The Hall–Kier alpha value is -3.70. The highest BCUT2D eigenvalue weighted by molar-refractivity contribution is 5.93. The molecular weight excluding hydrogens is 473 g/mol. The fourth-order valence-corrected chi connectivity index (χ4v) is 6.92. The third kappa shape index (κ3) is 3.97. The summed E-state index contributed by atoms with van der Waals surface area (Å²) in [6.45, 7) is 0.693. The smallest absolute Gasteiger partial charge is 0.247 e. The SMILES string of the molecule is CN(C)C1(c2ccc(F)cc2)CCC2(CC1)c1[nH]c3ccccc3c1CCN2C(=O)C=Cc1ccccc1. The minimum atomic E-state index is -0.412. The van der Waals surface area contributed by atoms with Crippen LogP contribution < -0.4 is 0 Å². The van der Waals surface area contributed by atoms with Crippen molar-refractivity contribution in [1.29, 1.82) is 0 Å². The fraction of sp³-hybridized carbons (Fsp3) is 0.303. The average molecular weight is 508 g/mol. The number of aromatic nitrogens is 1. The molecule has 0 radical (unpaired) electrons. The second-order valence-electron chi connectivity index (χ2n) is 11.0. The molecule has 1 N–H and O–H groups in total. The Morgan fingerprint density at radius 1 is 0.921 bits per heavy atom. The van der Waals surface area contributed by atoms with Crippen molar-refractivity contribution < 1.29 is 9.18 Å². The number of carbonyl (C=O) groups is 1. The second kappa shape index (κ2) is 9.55. The molecule has 2 aliphatic rings. The van der Waals surface area contributed by atoms with E-state index in [2.05, 4.69) is 53.1 Å². The van der Waals surface area contributed by atoms with Crippen LogP contribution in [0.3, 0.4) is 0 Å². The number of H-pyrrole nitrogens is 1. The van der Waals surface area contributed by atoms with Gasteiger partial charge in [-0.25, -0.2) is 4.39 Å². The standard InChI is InChI=1S/C33H34FN3O/c1-36(2)32(25-13-15-26(34)16-14-25)19-21-33(22-20-32)31-28(27-10-6-7-11-29(27)35-31)18-23-37(33)30(38)17-12-24-8-4-3-5-9-24/h3-17,35H,18-23H2,1-2H3. The van der Waals surface area contributed by atoms with Gasteiger partial charge in [0.2, 0.25) is 5.91 Å². The molecule has 1 aliphatic heterocycles. The van der Waals surface area contributed by atoms with Crippen molar-refractivity contribution in [2.75, 3.05) is 20.6 Å². The molecule has 1 aromatic heterocycles. The van der Waals surface area contributed by atoms with Crippen molar-refractivity contribution in [3.63, 3.8) is 0 Å². The first-order valence-electron chi connectivity index (χ1n) is 13.5. The summed E-state index contributed by atoms with van der Waals surface area (Å²) in [4.78, 5) is 22.0.